The fourth-order valence-electron chi connectivity index (χ4n) is 8.05. The second-order valence-electron chi connectivity index (χ2n) is 15.4. The van der Waals surface area contributed by atoms with Gasteiger partial charge in [0.15, 0.2) is 30.4 Å². The number of benzene rings is 2. The van der Waals surface area contributed by atoms with Crippen molar-refractivity contribution in [1.29, 1.82) is 0 Å². The summed E-state index contributed by atoms with van der Waals surface area (Å²) in [7, 11) is 1.23. The van der Waals surface area contributed by atoms with Gasteiger partial charge in [0, 0.05) is 37.9 Å². The zero-order valence-corrected chi connectivity index (χ0v) is 31.9. The van der Waals surface area contributed by atoms with Gasteiger partial charge in [-0.15, -0.1) is 0 Å². The number of hydrogen-bond donors (Lipinski definition) is 7. The van der Waals surface area contributed by atoms with Crippen LogP contribution in [0.25, 0.3) is 10.8 Å². The van der Waals surface area contributed by atoms with Crippen LogP contribution in [0.1, 0.15) is 81.3 Å². The second-order valence-corrected chi connectivity index (χ2v) is 15.4. The van der Waals surface area contributed by atoms with Crippen LogP contribution >= 0.6 is 0 Å². The van der Waals surface area contributed by atoms with E-state index in [1.807, 2.05) is 0 Å². The van der Waals surface area contributed by atoms with Crippen LogP contribution in [-0.2, 0) is 39.6 Å². The molecule has 3 fully saturated rings. The maximum absolute atomic E-state index is 14.6. The Kier molecular flexibility index (Phi) is 12.7. The first kappa shape index (κ1) is 41.6. The van der Waals surface area contributed by atoms with Gasteiger partial charge in [-0.25, -0.2) is 0 Å². The summed E-state index contributed by atoms with van der Waals surface area (Å²) in [6.45, 7) is 7.88. The fraction of sp³-hybridized carbons (Fsp3) is 0.692. The molecule has 4 aliphatic rings. The van der Waals surface area contributed by atoms with Gasteiger partial charge in [-0.05, 0) is 77.0 Å². The molecule has 3 saturated heterocycles. The van der Waals surface area contributed by atoms with Crippen LogP contribution in [0.4, 0.5) is 0 Å². The standard InChI is InChI=1S/C39H54O16/c1-15-25(53-27-9-7-23(41)17(3)50-27)13-21-11-20-12-22(38(49-6)37(48)33(44)16(2)40)39(36(47)31(20)35(46)30(21)32(15)43)55-29-14-26(34(45)19(5)52-29)54-28-10-8-24(42)18(4)51-28/h11,13,16-19,22-24,26-29,33-34,38-46H,7-10,12,14H2,1-6H3/t16-,17-,18-,19-,22+,23+,24+,26-,27+,28+,29+,33+,34-,38+,39+/m1/s1. The van der Waals surface area contributed by atoms with Crippen LogP contribution < -0.4 is 4.74 Å². The lowest BCUT2D eigenvalue weighted by Gasteiger charge is -2.43. The molecule has 0 spiro atoms. The highest BCUT2D eigenvalue weighted by Crippen LogP contribution is 2.47. The van der Waals surface area contributed by atoms with Crippen molar-refractivity contribution in [3.8, 4) is 17.2 Å². The van der Waals surface area contributed by atoms with Crippen molar-refractivity contribution in [3.05, 3.63) is 28.8 Å². The molecule has 0 aromatic heterocycles. The van der Waals surface area contributed by atoms with Gasteiger partial charge in [-0.2, -0.15) is 0 Å². The average molecular weight is 779 g/mol. The third kappa shape index (κ3) is 8.36. The molecule has 55 heavy (non-hydrogen) atoms. The zero-order valence-electron chi connectivity index (χ0n) is 31.9. The van der Waals surface area contributed by atoms with Gasteiger partial charge in [0.25, 0.3) is 0 Å². The van der Waals surface area contributed by atoms with Gasteiger partial charge in [-0.1, -0.05) is 0 Å². The number of methoxy groups -OCH3 is 1. The van der Waals surface area contributed by atoms with Crippen LogP contribution in [0.15, 0.2) is 12.1 Å². The first-order valence-corrected chi connectivity index (χ1v) is 19.0. The number of phenols is 2. The number of aliphatic hydroxyl groups is 5. The molecule has 0 amide bonds. The van der Waals surface area contributed by atoms with Crippen molar-refractivity contribution in [1.82, 2.24) is 0 Å². The number of hydrogen-bond acceptors (Lipinski definition) is 16. The van der Waals surface area contributed by atoms with E-state index in [9.17, 15) is 45.3 Å². The van der Waals surface area contributed by atoms with E-state index in [1.165, 1.54) is 14.0 Å². The van der Waals surface area contributed by atoms with E-state index in [4.69, 9.17) is 33.2 Å². The molecular formula is C39H54O16. The highest BCUT2D eigenvalue weighted by atomic mass is 16.7. The number of aliphatic hydroxyl groups excluding tert-OH is 5. The molecule has 0 unspecified atom stereocenters. The Bertz CT molecular complexity index is 1710. The number of carbonyl (C=O) groups is 2. The highest BCUT2D eigenvalue weighted by Gasteiger charge is 2.49. The molecule has 3 heterocycles. The number of rotatable bonds is 11. The number of ketones is 2. The summed E-state index contributed by atoms with van der Waals surface area (Å²) in [4.78, 5) is 28.2. The molecule has 3 aliphatic heterocycles. The third-order valence-electron chi connectivity index (χ3n) is 11.4. The predicted octanol–water partition coefficient (Wildman–Crippen LogP) is 1.66. The van der Waals surface area contributed by atoms with E-state index in [2.05, 4.69) is 0 Å². The van der Waals surface area contributed by atoms with E-state index >= 15 is 0 Å². The average Bonchev–Trinajstić information content (AvgIpc) is 3.13. The van der Waals surface area contributed by atoms with E-state index in [0.717, 1.165) is 0 Å². The van der Waals surface area contributed by atoms with Crippen LogP contribution in [0.3, 0.4) is 0 Å². The Morgan fingerprint density at radius 3 is 2.09 bits per heavy atom. The first-order chi connectivity index (χ1) is 26.0. The summed E-state index contributed by atoms with van der Waals surface area (Å²) in [6.07, 6.45) is -12.5. The third-order valence-corrected chi connectivity index (χ3v) is 11.4. The lowest BCUT2D eigenvalue weighted by Crippen LogP contribution is -2.55. The Balaban J connectivity index is 1.35. The van der Waals surface area contributed by atoms with Gasteiger partial charge in [0.2, 0.25) is 0 Å². The Hall–Kier alpha value is -3.00. The first-order valence-electron chi connectivity index (χ1n) is 19.0. The zero-order chi connectivity index (χ0) is 40.0. The largest absolute Gasteiger partial charge is 0.507 e. The number of carbonyl (C=O) groups excluding carboxylic acids is 2. The Labute approximate surface area is 318 Å². The molecule has 2 aromatic rings. The summed E-state index contributed by atoms with van der Waals surface area (Å²) in [5.74, 6) is -3.37. The summed E-state index contributed by atoms with van der Waals surface area (Å²) < 4.78 is 41.8. The van der Waals surface area contributed by atoms with Gasteiger partial charge >= 0.3 is 0 Å². The highest BCUT2D eigenvalue weighted by molar-refractivity contribution is 6.11. The van der Waals surface area contributed by atoms with Gasteiger partial charge in [0.05, 0.1) is 53.7 Å². The quantitative estimate of drug-likeness (QED) is 0.172. The molecular weight excluding hydrogens is 724 g/mol. The Morgan fingerprint density at radius 1 is 0.855 bits per heavy atom. The van der Waals surface area contributed by atoms with Gasteiger partial charge in [-0.3, -0.25) is 9.59 Å². The van der Waals surface area contributed by atoms with Gasteiger partial charge < -0.3 is 68.9 Å². The molecule has 306 valence electrons. The second kappa shape index (κ2) is 16.8. The molecule has 0 radical (unpaired) electrons. The molecule has 15 atom stereocenters. The number of aromatic hydroxyl groups is 2. The van der Waals surface area contributed by atoms with Crippen LogP contribution in [0.2, 0.25) is 0 Å². The minimum Gasteiger partial charge on any atom is -0.507 e. The smallest absolute Gasteiger partial charge is 0.200 e. The topological polar surface area (TPSA) is 240 Å². The normalized spacial score (nSPS) is 35.9. The molecule has 1 aliphatic carbocycles. The van der Waals surface area contributed by atoms with Crippen molar-refractivity contribution in [2.24, 2.45) is 5.92 Å². The number of fused-ring (bicyclic) bond motifs is 2. The van der Waals surface area contributed by atoms with Crippen LogP contribution in [0, 0.1) is 12.8 Å². The molecule has 16 nitrogen and oxygen atoms in total. The van der Waals surface area contributed by atoms with Crippen molar-refractivity contribution < 1.29 is 78.5 Å². The molecule has 2 aromatic carbocycles. The van der Waals surface area contributed by atoms with E-state index < -0.39 is 109 Å². The van der Waals surface area contributed by atoms with E-state index in [-0.39, 0.29) is 40.9 Å². The van der Waals surface area contributed by atoms with Crippen molar-refractivity contribution in [3.63, 3.8) is 0 Å². The molecule has 16 heteroatoms. The van der Waals surface area contributed by atoms with E-state index in [1.54, 1.807) is 39.8 Å². The molecule has 0 saturated carbocycles. The van der Waals surface area contributed by atoms with Crippen molar-refractivity contribution >= 4 is 22.3 Å². The maximum Gasteiger partial charge on any atom is 0.200 e. The molecule has 0 bridgehead atoms. The number of ether oxygens (including phenoxy) is 7. The van der Waals surface area contributed by atoms with E-state index in [0.29, 0.717) is 36.6 Å². The lowest BCUT2D eigenvalue weighted by atomic mass is 9.75. The number of phenolic OH excluding ortho intramolecular Hbond substituents is 2. The predicted molar refractivity (Wildman–Crippen MR) is 192 cm³/mol. The summed E-state index contributed by atoms with van der Waals surface area (Å²) >= 11 is 0. The molecule has 6 rings (SSSR count). The minimum atomic E-state index is -1.85. The lowest BCUT2D eigenvalue weighted by molar-refractivity contribution is -0.303. The minimum absolute atomic E-state index is 0.0163. The monoisotopic (exact) mass is 778 g/mol. The van der Waals surface area contributed by atoms with Gasteiger partial charge in [0.1, 0.15) is 41.7 Å². The Morgan fingerprint density at radius 2 is 1.47 bits per heavy atom. The number of Topliss-reactive ketones (excluding diaryl/α,β-unsaturated/α-hetero) is 2. The van der Waals surface area contributed by atoms with Crippen LogP contribution in [0.5, 0.6) is 17.2 Å². The summed E-state index contributed by atoms with van der Waals surface area (Å²) in [6, 6.07) is 3.19. The van der Waals surface area contributed by atoms with Crippen LogP contribution in [-0.4, -0.2) is 140 Å². The van der Waals surface area contributed by atoms with Crippen molar-refractivity contribution in [2.75, 3.05) is 7.11 Å². The van der Waals surface area contributed by atoms with Crippen molar-refractivity contribution in [2.45, 2.75) is 159 Å². The fourth-order valence-corrected chi connectivity index (χ4v) is 8.05. The SMILES string of the molecule is CO[C@H](C(=O)[C@@H](O)[C@@H](C)O)[C@@H]1Cc2cc3cc(O[C@H]4CC[C@H](O)[C@@H](C)O4)c(C)c(O)c3c(O)c2C(=O)[C@H]1O[C@H]1C[C@@H](O[C@H]2CC[C@H](O)[C@@H](C)O2)[C@H](O)[C@@H](C)O1. The summed E-state index contributed by atoms with van der Waals surface area (Å²) in [5, 5.41) is 75.3. The summed E-state index contributed by atoms with van der Waals surface area (Å²) in [5.41, 5.74) is 0.409. The molecule has 7 N–H and O–H groups in total. The maximum atomic E-state index is 14.6.